The van der Waals surface area contributed by atoms with Crippen LogP contribution in [0.3, 0.4) is 0 Å². The topological polar surface area (TPSA) is 26.3 Å². The van der Waals surface area contributed by atoms with E-state index in [2.05, 4.69) is 15.9 Å². The molecule has 0 bridgehead atoms. The molecule has 82 valence electrons. The average molecular weight is 271 g/mol. The van der Waals surface area contributed by atoms with E-state index in [0.717, 1.165) is 21.3 Å². The fraction of sp³-hybridized carbons (Fsp3) is 0.417. The molecule has 0 spiro atoms. The first-order valence-electron chi connectivity index (χ1n) is 4.85. The second-order valence-corrected chi connectivity index (χ2v) is 4.53. The number of Topliss-reactive ketones (excluding diaryl/α,β-unsaturated/α-hetero) is 1. The first-order chi connectivity index (χ1) is 6.91. The molecule has 1 aromatic rings. The van der Waals surface area contributed by atoms with Crippen LogP contribution >= 0.6 is 15.9 Å². The summed E-state index contributed by atoms with van der Waals surface area (Å²) in [5, 5.41) is 0. The van der Waals surface area contributed by atoms with E-state index in [1.165, 1.54) is 6.92 Å². The first kappa shape index (κ1) is 12.2. The van der Waals surface area contributed by atoms with Crippen LogP contribution in [0.5, 0.6) is 5.75 Å². The number of carbonyl (C=O) groups is 1. The molecule has 0 radical (unpaired) electrons. The van der Waals surface area contributed by atoms with E-state index in [-0.39, 0.29) is 11.9 Å². The van der Waals surface area contributed by atoms with Crippen LogP contribution in [0.4, 0.5) is 0 Å². The Bertz CT molecular complexity index is 362. The maximum Gasteiger partial charge on any atom is 0.169 e. The van der Waals surface area contributed by atoms with Crippen LogP contribution in [0, 0.1) is 13.8 Å². The van der Waals surface area contributed by atoms with Gasteiger partial charge in [0.1, 0.15) is 5.75 Å². The molecule has 0 aliphatic heterocycles. The number of benzene rings is 1. The highest BCUT2D eigenvalue weighted by Gasteiger charge is 2.10. The fourth-order valence-electron chi connectivity index (χ4n) is 1.26. The molecule has 0 aromatic heterocycles. The van der Waals surface area contributed by atoms with Gasteiger partial charge in [0.05, 0.1) is 0 Å². The van der Waals surface area contributed by atoms with Crippen LogP contribution in [-0.2, 0) is 4.79 Å². The van der Waals surface area contributed by atoms with Crippen molar-refractivity contribution in [2.45, 2.75) is 33.8 Å². The summed E-state index contributed by atoms with van der Waals surface area (Å²) < 4.78 is 6.61. The van der Waals surface area contributed by atoms with Gasteiger partial charge in [-0.25, -0.2) is 0 Å². The van der Waals surface area contributed by atoms with Gasteiger partial charge in [0.25, 0.3) is 0 Å². The molecule has 0 fully saturated rings. The Hall–Kier alpha value is -0.830. The zero-order valence-electron chi connectivity index (χ0n) is 9.43. The molecule has 0 heterocycles. The molecule has 0 N–H and O–H groups in total. The molecule has 1 aromatic carbocycles. The van der Waals surface area contributed by atoms with Crippen molar-refractivity contribution in [3.63, 3.8) is 0 Å². The third kappa shape index (κ3) is 3.06. The van der Waals surface area contributed by atoms with Crippen LogP contribution in [0.1, 0.15) is 25.0 Å². The van der Waals surface area contributed by atoms with Gasteiger partial charge in [-0.05, 0) is 51.0 Å². The third-order valence-corrected chi connectivity index (χ3v) is 3.55. The van der Waals surface area contributed by atoms with E-state index in [9.17, 15) is 4.79 Å². The number of hydrogen-bond acceptors (Lipinski definition) is 2. The molecule has 0 saturated carbocycles. The minimum Gasteiger partial charge on any atom is -0.483 e. The van der Waals surface area contributed by atoms with Gasteiger partial charge >= 0.3 is 0 Å². The average Bonchev–Trinajstić information content (AvgIpc) is 2.13. The summed E-state index contributed by atoms with van der Waals surface area (Å²) in [4.78, 5) is 11.1. The molecule has 1 atom stereocenters. The first-order valence-corrected chi connectivity index (χ1v) is 5.65. The van der Waals surface area contributed by atoms with Gasteiger partial charge in [0.2, 0.25) is 0 Å². The molecule has 1 unspecified atom stereocenters. The monoisotopic (exact) mass is 270 g/mol. The van der Waals surface area contributed by atoms with Gasteiger partial charge in [0.15, 0.2) is 11.9 Å². The quantitative estimate of drug-likeness (QED) is 0.842. The minimum atomic E-state index is -0.384. The Morgan fingerprint density at radius 1 is 1.33 bits per heavy atom. The highest BCUT2D eigenvalue weighted by molar-refractivity contribution is 9.10. The van der Waals surface area contributed by atoms with Crippen LogP contribution in [0.2, 0.25) is 0 Å². The van der Waals surface area contributed by atoms with Crippen molar-refractivity contribution in [3.05, 3.63) is 27.7 Å². The molecule has 0 amide bonds. The smallest absolute Gasteiger partial charge is 0.169 e. The summed E-state index contributed by atoms with van der Waals surface area (Å²) in [5.74, 6) is 0.782. The SMILES string of the molecule is CC(=O)C(C)Oc1cc(C)c(Br)c(C)c1. The summed E-state index contributed by atoms with van der Waals surface area (Å²) >= 11 is 3.49. The summed E-state index contributed by atoms with van der Waals surface area (Å²) in [6.45, 7) is 7.29. The van der Waals surface area contributed by atoms with Crippen LogP contribution < -0.4 is 4.74 Å². The maximum absolute atomic E-state index is 11.1. The summed E-state index contributed by atoms with van der Waals surface area (Å²) in [5.41, 5.74) is 2.22. The lowest BCUT2D eigenvalue weighted by atomic mass is 10.1. The van der Waals surface area contributed by atoms with Crippen molar-refractivity contribution in [1.29, 1.82) is 0 Å². The predicted molar refractivity (Wildman–Crippen MR) is 64.4 cm³/mol. The zero-order chi connectivity index (χ0) is 11.6. The third-order valence-electron chi connectivity index (χ3n) is 2.30. The molecule has 0 aliphatic rings. The van der Waals surface area contributed by atoms with Crippen LogP contribution in [0.25, 0.3) is 0 Å². The Balaban J connectivity index is 2.92. The lowest BCUT2D eigenvalue weighted by molar-refractivity contribution is -0.122. The van der Waals surface area contributed by atoms with Gasteiger partial charge in [-0.15, -0.1) is 0 Å². The standard InChI is InChI=1S/C12H15BrO2/c1-7-5-11(6-8(2)12(7)13)15-10(4)9(3)14/h5-6,10H,1-4H3. The Morgan fingerprint density at radius 2 is 1.80 bits per heavy atom. The van der Waals surface area contributed by atoms with E-state index < -0.39 is 0 Å². The second kappa shape index (κ2) is 4.79. The number of carbonyl (C=O) groups excluding carboxylic acids is 1. The van der Waals surface area contributed by atoms with Crippen molar-refractivity contribution >= 4 is 21.7 Å². The maximum atomic E-state index is 11.1. The van der Waals surface area contributed by atoms with Crippen LogP contribution in [-0.4, -0.2) is 11.9 Å². The molecule has 3 heteroatoms. The van der Waals surface area contributed by atoms with Crippen molar-refractivity contribution in [3.8, 4) is 5.75 Å². The normalized spacial score (nSPS) is 12.3. The fourth-order valence-corrected chi connectivity index (χ4v) is 1.49. The number of halogens is 1. The summed E-state index contributed by atoms with van der Waals surface area (Å²) in [6.07, 6.45) is -0.384. The lowest BCUT2D eigenvalue weighted by Gasteiger charge is -2.13. The van der Waals surface area contributed by atoms with E-state index in [4.69, 9.17) is 4.74 Å². The number of rotatable bonds is 3. The van der Waals surface area contributed by atoms with Gasteiger partial charge in [-0.3, -0.25) is 4.79 Å². The van der Waals surface area contributed by atoms with Gasteiger partial charge in [-0.2, -0.15) is 0 Å². The molecule has 1 rings (SSSR count). The van der Waals surface area contributed by atoms with Gasteiger partial charge in [0, 0.05) is 4.47 Å². The molecule has 0 saturated heterocycles. The van der Waals surface area contributed by atoms with Gasteiger partial charge < -0.3 is 4.74 Å². The predicted octanol–water partition coefficient (Wildman–Crippen LogP) is 3.42. The number of ketones is 1. The molecule has 0 aliphatic carbocycles. The van der Waals surface area contributed by atoms with Crippen molar-refractivity contribution in [2.24, 2.45) is 0 Å². The summed E-state index contributed by atoms with van der Waals surface area (Å²) in [7, 11) is 0. The lowest BCUT2D eigenvalue weighted by Crippen LogP contribution is -2.20. The van der Waals surface area contributed by atoms with E-state index >= 15 is 0 Å². The van der Waals surface area contributed by atoms with Crippen molar-refractivity contribution < 1.29 is 9.53 Å². The van der Waals surface area contributed by atoms with E-state index in [0.29, 0.717) is 0 Å². The number of aryl methyl sites for hydroxylation is 2. The largest absolute Gasteiger partial charge is 0.483 e. The van der Waals surface area contributed by atoms with Gasteiger partial charge in [-0.1, -0.05) is 15.9 Å². The Morgan fingerprint density at radius 3 is 2.20 bits per heavy atom. The zero-order valence-corrected chi connectivity index (χ0v) is 11.0. The molecule has 2 nitrogen and oxygen atoms in total. The minimum absolute atomic E-state index is 0.0354. The van der Waals surface area contributed by atoms with E-state index in [1.807, 2.05) is 26.0 Å². The highest BCUT2D eigenvalue weighted by atomic mass is 79.9. The Labute approximate surface area is 98.8 Å². The van der Waals surface area contributed by atoms with Crippen molar-refractivity contribution in [1.82, 2.24) is 0 Å². The second-order valence-electron chi connectivity index (χ2n) is 3.74. The Kier molecular flexibility index (Phi) is 3.91. The molecular formula is C12H15BrO2. The highest BCUT2D eigenvalue weighted by Crippen LogP contribution is 2.26. The molecular weight excluding hydrogens is 256 g/mol. The number of ether oxygens (including phenoxy) is 1. The summed E-state index contributed by atoms with van der Waals surface area (Å²) in [6, 6.07) is 3.85. The molecule has 15 heavy (non-hydrogen) atoms. The van der Waals surface area contributed by atoms with Crippen LogP contribution in [0.15, 0.2) is 16.6 Å². The van der Waals surface area contributed by atoms with Crippen molar-refractivity contribution in [2.75, 3.05) is 0 Å². The number of hydrogen-bond donors (Lipinski definition) is 0. The van der Waals surface area contributed by atoms with E-state index in [1.54, 1.807) is 6.92 Å².